The molecule has 2 aromatic carbocycles. The van der Waals surface area contributed by atoms with Crippen molar-refractivity contribution in [2.24, 2.45) is 10.2 Å². The van der Waals surface area contributed by atoms with Crippen LogP contribution in [0.4, 0.5) is 17.1 Å². The molecule has 34 heavy (non-hydrogen) atoms. The third kappa shape index (κ3) is 5.05. The van der Waals surface area contributed by atoms with Gasteiger partial charge in [-0.1, -0.05) is 0 Å². The molecule has 0 amide bonds. The molecule has 1 aromatic heterocycles. The van der Waals surface area contributed by atoms with Crippen molar-refractivity contribution in [1.82, 2.24) is 15.5 Å². The summed E-state index contributed by atoms with van der Waals surface area (Å²) in [6.45, 7) is 1.37. The zero-order valence-corrected chi connectivity index (χ0v) is 19.2. The molecule has 15 nitrogen and oxygen atoms in total. The predicted octanol–water partition coefficient (Wildman–Crippen LogP) is 1.96. The Kier molecular flexibility index (Phi) is 6.24. The van der Waals surface area contributed by atoms with E-state index in [4.69, 9.17) is 10.3 Å². The van der Waals surface area contributed by atoms with Crippen molar-refractivity contribution in [1.29, 1.82) is 0 Å². The Morgan fingerprint density at radius 3 is 1.91 bits per heavy atom. The van der Waals surface area contributed by atoms with E-state index in [1.807, 2.05) is 0 Å². The monoisotopic (exact) mass is 532 g/mol. The second-order valence-electron chi connectivity index (χ2n) is 6.60. The molecule has 1 radical (unpaired) electrons. The molecule has 0 fully saturated rings. The highest BCUT2D eigenvalue weighted by atomic mass is 32.2. The Balaban J connectivity index is 2.12. The van der Waals surface area contributed by atoms with E-state index in [1.165, 1.54) is 19.1 Å². The molecular formula is C16H14N5O10S3. The lowest BCUT2D eigenvalue weighted by atomic mass is 10.3. The van der Waals surface area contributed by atoms with Crippen LogP contribution in [-0.2, 0) is 30.4 Å². The van der Waals surface area contributed by atoms with E-state index in [9.17, 15) is 39.5 Å². The van der Waals surface area contributed by atoms with Crippen LogP contribution in [-0.4, -0.2) is 53.8 Å². The Labute approximate surface area is 192 Å². The van der Waals surface area contributed by atoms with Gasteiger partial charge in [-0.3, -0.25) is 19.4 Å². The van der Waals surface area contributed by atoms with Gasteiger partial charge in [0.25, 0.3) is 30.4 Å². The van der Waals surface area contributed by atoms with Crippen molar-refractivity contribution >= 4 is 47.4 Å². The molecule has 1 heterocycles. The highest BCUT2D eigenvalue weighted by molar-refractivity contribution is 7.86. The van der Waals surface area contributed by atoms with Gasteiger partial charge < -0.3 is 5.11 Å². The topological polar surface area (TPSA) is 250 Å². The van der Waals surface area contributed by atoms with E-state index >= 15 is 0 Å². The number of aromatic nitrogens is 2. The molecule has 0 atom stereocenters. The van der Waals surface area contributed by atoms with E-state index < -0.39 is 62.3 Å². The first kappa shape index (κ1) is 25.2. The van der Waals surface area contributed by atoms with Gasteiger partial charge in [-0.2, -0.15) is 35.0 Å². The molecule has 0 saturated heterocycles. The molecule has 3 aromatic rings. The second-order valence-corrected chi connectivity index (χ2v) is 10.8. The molecule has 0 aliphatic heterocycles. The van der Waals surface area contributed by atoms with Crippen LogP contribution in [0.25, 0.3) is 5.69 Å². The average molecular weight is 533 g/mol. The van der Waals surface area contributed by atoms with Crippen molar-refractivity contribution in [3.63, 3.8) is 0 Å². The maximum atomic E-state index is 11.6. The molecule has 3 rings (SSSR count). The minimum Gasteiger partial charge on any atom is -0.492 e. The van der Waals surface area contributed by atoms with Crippen molar-refractivity contribution in [3.8, 4) is 11.6 Å². The quantitative estimate of drug-likeness (QED) is 0.263. The third-order valence-corrected chi connectivity index (χ3v) is 6.90. The summed E-state index contributed by atoms with van der Waals surface area (Å²) in [5, 5.41) is 21.6. The zero-order valence-electron chi connectivity index (χ0n) is 16.7. The van der Waals surface area contributed by atoms with Gasteiger partial charge in [0, 0.05) is 0 Å². The largest absolute Gasteiger partial charge is 0.492 e. The lowest BCUT2D eigenvalue weighted by Gasteiger charge is -2.07. The first-order chi connectivity index (χ1) is 15.5. The summed E-state index contributed by atoms with van der Waals surface area (Å²) in [6.07, 6.45) is 0. The summed E-state index contributed by atoms with van der Waals surface area (Å²) in [7, 11) is -14.4. The van der Waals surface area contributed by atoms with E-state index in [2.05, 4.69) is 15.3 Å². The summed E-state index contributed by atoms with van der Waals surface area (Å²) >= 11 is 0. The van der Waals surface area contributed by atoms with Crippen LogP contribution in [0.15, 0.2) is 61.3 Å². The first-order valence-corrected chi connectivity index (χ1v) is 12.9. The SMILES string of the molecule is Cc1nn(-c2ccc(S(=O)(=O)O)cc2)c(O)c1N=Nc1cc(S(=O)(=O)O)c([NH])cc1S(=O)(=O)O. The molecule has 181 valence electrons. The van der Waals surface area contributed by atoms with E-state index in [1.54, 1.807) is 0 Å². The number of hydrogen-bond donors (Lipinski definition) is 4. The molecule has 5 N–H and O–H groups in total. The lowest BCUT2D eigenvalue weighted by Crippen LogP contribution is -2.04. The van der Waals surface area contributed by atoms with Gasteiger partial charge in [0.1, 0.15) is 15.5 Å². The van der Waals surface area contributed by atoms with Crippen LogP contribution in [0.3, 0.4) is 0 Å². The summed E-state index contributed by atoms with van der Waals surface area (Å²) in [4.78, 5) is -2.41. The van der Waals surface area contributed by atoms with E-state index in [-0.39, 0.29) is 17.1 Å². The van der Waals surface area contributed by atoms with Gasteiger partial charge >= 0.3 is 0 Å². The standard InChI is InChI=1S/C16H14N5O10S3/c1-8-15(16(22)21(20-8)9-2-4-10(5-3-9)32(23,24)25)19-18-12-7-13(33(26,27)28)11(17)6-14(12)34(29,30)31/h2-7,17,22H,1H3,(H,23,24,25)(H,26,27,28)(H,29,30,31). The van der Waals surface area contributed by atoms with Crippen LogP contribution in [0.1, 0.15) is 5.69 Å². The summed E-state index contributed by atoms with van der Waals surface area (Å²) < 4.78 is 97.0. The van der Waals surface area contributed by atoms with E-state index in [0.29, 0.717) is 12.1 Å². The van der Waals surface area contributed by atoms with Crippen molar-refractivity contribution in [2.45, 2.75) is 21.6 Å². The van der Waals surface area contributed by atoms with Crippen LogP contribution < -0.4 is 5.73 Å². The van der Waals surface area contributed by atoms with Gasteiger partial charge in [-0.25, -0.2) is 0 Å². The number of benzene rings is 2. The molecule has 18 heteroatoms. The minimum atomic E-state index is -5.00. The number of hydrogen-bond acceptors (Lipinski definition) is 10. The molecule has 0 aliphatic rings. The van der Waals surface area contributed by atoms with E-state index in [0.717, 1.165) is 16.8 Å². The van der Waals surface area contributed by atoms with Crippen molar-refractivity contribution in [3.05, 3.63) is 42.1 Å². The Morgan fingerprint density at radius 1 is 0.853 bits per heavy atom. The number of nitrogens with zero attached hydrogens (tertiary/aromatic N) is 4. The minimum absolute atomic E-state index is 0.0422. The van der Waals surface area contributed by atoms with Crippen LogP contribution in [0.2, 0.25) is 0 Å². The average Bonchev–Trinajstić information content (AvgIpc) is 2.98. The Hall–Kier alpha value is -3.42. The van der Waals surface area contributed by atoms with Gasteiger partial charge in [0.15, 0.2) is 5.69 Å². The molecule has 0 saturated carbocycles. The number of rotatable bonds is 6. The molecule has 0 spiro atoms. The fraction of sp³-hybridized carbons (Fsp3) is 0.0625. The highest BCUT2D eigenvalue weighted by Crippen LogP contribution is 2.37. The number of nitrogens with one attached hydrogen (secondary N) is 1. The lowest BCUT2D eigenvalue weighted by molar-refractivity contribution is 0.434. The zero-order chi connectivity index (χ0) is 25.6. The highest BCUT2D eigenvalue weighted by Gasteiger charge is 2.24. The summed E-state index contributed by atoms with van der Waals surface area (Å²) in [5.41, 5.74) is 5.73. The number of aryl methyl sites for hydroxylation is 1. The molecule has 0 aliphatic carbocycles. The molecule has 0 unspecified atom stereocenters. The maximum absolute atomic E-state index is 11.6. The molecule has 0 bridgehead atoms. The third-order valence-electron chi connectivity index (χ3n) is 4.26. The summed E-state index contributed by atoms with van der Waals surface area (Å²) in [5.74, 6) is -0.638. The molecular weight excluding hydrogens is 518 g/mol. The normalized spacial score (nSPS) is 12.9. The van der Waals surface area contributed by atoms with Crippen LogP contribution in [0, 0.1) is 6.92 Å². The van der Waals surface area contributed by atoms with Crippen LogP contribution in [0.5, 0.6) is 5.88 Å². The van der Waals surface area contributed by atoms with Crippen molar-refractivity contribution < 1.29 is 44.0 Å². The fourth-order valence-corrected chi connectivity index (χ4v) is 4.42. The Bertz CT molecular complexity index is 1640. The van der Waals surface area contributed by atoms with Gasteiger partial charge in [0.2, 0.25) is 5.88 Å². The van der Waals surface area contributed by atoms with Crippen molar-refractivity contribution in [2.75, 3.05) is 0 Å². The van der Waals surface area contributed by atoms with Gasteiger partial charge in [0.05, 0.1) is 22.0 Å². The number of azo groups is 1. The maximum Gasteiger partial charge on any atom is 0.296 e. The second kappa shape index (κ2) is 8.42. The Morgan fingerprint density at radius 2 is 1.41 bits per heavy atom. The van der Waals surface area contributed by atoms with Gasteiger partial charge in [-0.05, 0) is 43.3 Å². The fourth-order valence-electron chi connectivity index (χ4n) is 2.71. The van der Waals surface area contributed by atoms with Gasteiger partial charge in [-0.15, -0.1) is 10.2 Å². The smallest absolute Gasteiger partial charge is 0.296 e. The summed E-state index contributed by atoms with van der Waals surface area (Å²) in [6, 6.07) is 5.44. The predicted molar refractivity (Wildman–Crippen MR) is 113 cm³/mol. The van der Waals surface area contributed by atoms with Crippen LogP contribution >= 0.6 is 0 Å². The first-order valence-electron chi connectivity index (χ1n) is 8.63. The number of aromatic hydroxyl groups is 1.